The molecule has 0 saturated carbocycles. The van der Waals surface area contributed by atoms with Gasteiger partial charge in [-0.1, -0.05) is 12.2 Å². The molecule has 5 nitrogen and oxygen atoms in total. The van der Waals surface area contributed by atoms with Gasteiger partial charge in [-0.15, -0.1) is 0 Å². The Bertz CT molecular complexity index is 498. The number of aromatic nitrogens is 1. The molecule has 1 amide bonds. The minimum Gasteiger partial charge on any atom is -0.389 e. The molecule has 0 atom stereocenters. The number of thiocarbonyl (C=S) groups is 1. The normalized spacial score (nSPS) is 15.9. The highest BCUT2D eigenvalue weighted by Gasteiger charge is 2.22. The van der Waals surface area contributed by atoms with E-state index in [2.05, 4.69) is 15.2 Å². The standard InChI is InChI=1S/C14H20N4OS/c1-10(19)17-9-11-4-7-18(8-5-11)14-12(13(15)20)3-2-6-16-14/h2-3,6,11H,4-5,7-9H2,1H3,(H2,15,20)(H,17,19). The van der Waals surface area contributed by atoms with E-state index < -0.39 is 0 Å². The molecule has 3 N–H and O–H groups in total. The van der Waals surface area contributed by atoms with Crippen LogP contribution in [0.3, 0.4) is 0 Å². The fourth-order valence-electron chi connectivity index (χ4n) is 2.48. The molecule has 1 aromatic heterocycles. The largest absolute Gasteiger partial charge is 0.389 e. The Morgan fingerprint density at radius 3 is 2.85 bits per heavy atom. The van der Waals surface area contributed by atoms with Crippen molar-refractivity contribution in [1.29, 1.82) is 0 Å². The summed E-state index contributed by atoms with van der Waals surface area (Å²) in [6, 6.07) is 3.76. The molecule has 2 rings (SSSR count). The number of nitrogens with one attached hydrogen (secondary N) is 1. The summed E-state index contributed by atoms with van der Waals surface area (Å²) >= 11 is 5.08. The average Bonchev–Trinajstić information content (AvgIpc) is 2.45. The van der Waals surface area contributed by atoms with Crippen LogP contribution in [0, 0.1) is 5.92 Å². The third-order valence-electron chi connectivity index (χ3n) is 3.61. The summed E-state index contributed by atoms with van der Waals surface area (Å²) in [6.45, 7) is 4.14. The van der Waals surface area contributed by atoms with E-state index in [0.717, 1.165) is 43.9 Å². The Morgan fingerprint density at radius 2 is 2.25 bits per heavy atom. The summed E-state index contributed by atoms with van der Waals surface area (Å²) in [7, 11) is 0. The van der Waals surface area contributed by atoms with Crippen molar-refractivity contribution in [3.8, 4) is 0 Å². The van der Waals surface area contributed by atoms with E-state index in [0.29, 0.717) is 10.9 Å². The molecule has 0 unspecified atom stereocenters. The highest BCUT2D eigenvalue weighted by atomic mass is 32.1. The number of nitrogens with two attached hydrogens (primary N) is 1. The highest BCUT2D eigenvalue weighted by molar-refractivity contribution is 7.80. The van der Waals surface area contributed by atoms with Gasteiger partial charge < -0.3 is 16.0 Å². The lowest BCUT2D eigenvalue weighted by Crippen LogP contribution is -2.39. The van der Waals surface area contributed by atoms with Crippen LogP contribution in [0.5, 0.6) is 0 Å². The molecule has 0 spiro atoms. The van der Waals surface area contributed by atoms with Crippen molar-refractivity contribution >= 4 is 28.9 Å². The molecule has 1 aliphatic heterocycles. The number of hydrogen-bond acceptors (Lipinski definition) is 4. The number of carbonyl (C=O) groups excluding carboxylic acids is 1. The van der Waals surface area contributed by atoms with Crippen molar-refractivity contribution in [2.45, 2.75) is 19.8 Å². The molecular formula is C14H20N4OS. The van der Waals surface area contributed by atoms with Crippen molar-refractivity contribution in [2.75, 3.05) is 24.5 Å². The molecule has 108 valence electrons. The molecule has 1 aromatic rings. The summed E-state index contributed by atoms with van der Waals surface area (Å²) < 4.78 is 0. The minimum absolute atomic E-state index is 0.0351. The smallest absolute Gasteiger partial charge is 0.216 e. The number of carbonyl (C=O) groups is 1. The van der Waals surface area contributed by atoms with Crippen molar-refractivity contribution in [3.05, 3.63) is 23.9 Å². The maximum atomic E-state index is 10.9. The van der Waals surface area contributed by atoms with E-state index in [9.17, 15) is 4.79 Å². The predicted octanol–water partition coefficient (Wildman–Crippen LogP) is 1.07. The van der Waals surface area contributed by atoms with Gasteiger partial charge in [0.2, 0.25) is 5.91 Å². The maximum Gasteiger partial charge on any atom is 0.216 e. The highest BCUT2D eigenvalue weighted by Crippen LogP contribution is 2.24. The van der Waals surface area contributed by atoms with E-state index in [4.69, 9.17) is 18.0 Å². The van der Waals surface area contributed by atoms with Crippen LogP contribution in [-0.4, -0.2) is 35.5 Å². The van der Waals surface area contributed by atoms with Crippen LogP contribution in [0.2, 0.25) is 0 Å². The lowest BCUT2D eigenvalue weighted by molar-refractivity contribution is -0.119. The van der Waals surface area contributed by atoms with E-state index in [1.54, 1.807) is 13.1 Å². The zero-order chi connectivity index (χ0) is 14.5. The van der Waals surface area contributed by atoms with Gasteiger partial charge in [0.25, 0.3) is 0 Å². The van der Waals surface area contributed by atoms with Gasteiger partial charge in [0.05, 0.1) is 5.56 Å². The Hall–Kier alpha value is -1.69. The quantitative estimate of drug-likeness (QED) is 0.812. The second-order valence-electron chi connectivity index (χ2n) is 5.11. The van der Waals surface area contributed by atoms with E-state index in [1.165, 1.54) is 0 Å². The number of hydrogen-bond donors (Lipinski definition) is 2. The maximum absolute atomic E-state index is 10.9. The van der Waals surface area contributed by atoms with Gasteiger partial charge in [-0.05, 0) is 30.9 Å². The number of pyridine rings is 1. The molecule has 0 radical (unpaired) electrons. The lowest BCUT2D eigenvalue weighted by atomic mass is 9.96. The molecule has 20 heavy (non-hydrogen) atoms. The lowest BCUT2D eigenvalue weighted by Gasteiger charge is -2.33. The SMILES string of the molecule is CC(=O)NCC1CCN(c2ncccc2C(N)=S)CC1. The second-order valence-corrected chi connectivity index (χ2v) is 5.55. The van der Waals surface area contributed by atoms with Crippen LogP contribution in [-0.2, 0) is 4.79 Å². The molecule has 0 aliphatic carbocycles. The number of nitrogens with zero attached hydrogens (tertiary/aromatic N) is 2. The molecule has 0 aromatic carbocycles. The van der Waals surface area contributed by atoms with Crippen LogP contribution in [0.1, 0.15) is 25.3 Å². The fraction of sp³-hybridized carbons (Fsp3) is 0.500. The second kappa shape index (κ2) is 6.65. The van der Waals surface area contributed by atoms with Crippen molar-refractivity contribution in [2.24, 2.45) is 11.7 Å². The first kappa shape index (κ1) is 14.7. The van der Waals surface area contributed by atoms with Crippen LogP contribution in [0.4, 0.5) is 5.82 Å². The third-order valence-corrected chi connectivity index (χ3v) is 3.83. The zero-order valence-corrected chi connectivity index (χ0v) is 12.4. The van der Waals surface area contributed by atoms with Crippen molar-refractivity contribution in [1.82, 2.24) is 10.3 Å². The van der Waals surface area contributed by atoms with Gasteiger partial charge in [0.1, 0.15) is 10.8 Å². The van der Waals surface area contributed by atoms with Crippen LogP contribution in [0.25, 0.3) is 0 Å². The summed E-state index contributed by atoms with van der Waals surface area (Å²) in [6.07, 6.45) is 3.84. The van der Waals surface area contributed by atoms with E-state index >= 15 is 0 Å². The Balaban J connectivity index is 1.97. The van der Waals surface area contributed by atoms with E-state index in [1.807, 2.05) is 12.1 Å². The monoisotopic (exact) mass is 292 g/mol. The summed E-state index contributed by atoms with van der Waals surface area (Å²) in [5.41, 5.74) is 6.58. The first-order valence-corrected chi connectivity index (χ1v) is 7.23. The first-order chi connectivity index (χ1) is 9.58. The Morgan fingerprint density at radius 1 is 1.55 bits per heavy atom. The fourth-order valence-corrected chi connectivity index (χ4v) is 2.64. The number of rotatable bonds is 4. The number of amides is 1. The van der Waals surface area contributed by atoms with Gasteiger partial charge in [-0.25, -0.2) is 4.98 Å². The van der Waals surface area contributed by atoms with Crippen LogP contribution >= 0.6 is 12.2 Å². The molecule has 6 heteroatoms. The topological polar surface area (TPSA) is 71.2 Å². The van der Waals surface area contributed by atoms with Crippen LogP contribution in [0.15, 0.2) is 18.3 Å². The van der Waals surface area contributed by atoms with Crippen LogP contribution < -0.4 is 16.0 Å². The summed E-state index contributed by atoms with van der Waals surface area (Å²) in [5, 5.41) is 2.89. The van der Waals surface area contributed by atoms with Gasteiger partial charge in [0, 0.05) is 32.8 Å². The molecule has 0 bridgehead atoms. The third kappa shape index (κ3) is 3.66. The predicted molar refractivity (Wildman–Crippen MR) is 83.7 cm³/mol. The molecule has 2 heterocycles. The van der Waals surface area contributed by atoms with Crippen molar-refractivity contribution < 1.29 is 4.79 Å². The molecule has 1 aliphatic rings. The molecular weight excluding hydrogens is 272 g/mol. The summed E-state index contributed by atoms with van der Waals surface area (Å²) in [4.78, 5) is 17.9. The van der Waals surface area contributed by atoms with Gasteiger partial charge >= 0.3 is 0 Å². The molecule has 1 fully saturated rings. The Kier molecular flexibility index (Phi) is 4.89. The summed E-state index contributed by atoms with van der Waals surface area (Å²) in [5.74, 6) is 1.44. The zero-order valence-electron chi connectivity index (χ0n) is 11.6. The minimum atomic E-state index is 0.0351. The van der Waals surface area contributed by atoms with Gasteiger partial charge in [-0.2, -0.15) is 0 Å². The van der Waals surface area contributed by atoms with Gasteiger partial charge in [-0.3, -0.25) is 4.79 Å². The first-order valence-electron chi connectivity index (χ1n) is 6.82. The Labute approximate surface area is 124 Å². The van der Waals surface area contributed by atoms with Crippen molar-refractivity contribution in [3.63, 3.8) is 0 Å². The van der Waals surface area contributed by atoms with E-state index in [-0.39, 0.29) is 5.91 Å². The number of anilines is 1. The average molecular weight is 292 g/mol. The number of piperidine rings is 1. The van der Waals surface area contributed by atoms with Gasteiger partial charge in [0.15, 0.2) is 0 Å². The molecule has 1 saturated heterocycles.